The number of unbranched alkanes of at least 4 members (excludes halogenated alkanes) is 1. The third kappa shape index (κ3) is 7.35. The van der Waals surface area contributed by atoms with Gasteiger partial charge in [0.2, 0.25) is 0 Å². The van der Waals surface area contributed by atoms with Crippen LogP contribution in [0.25, 0.3) is 0 Å². The predicted octanol–water partition coefficient (Wildman–Crippen LogP) is -0.384. The minimum absolute atomic E-state index is 0.149. The summed E-state index contributed by atoms with van der Waals surface area (Å²) in [7, 11) is 4.08. The molecule has 0 N–H and O–H groups in total. The minimum Gasteiger partial charge on any atom is -0.550 e. The maximum atomic E-state index is 10.1. The van der Waals surface area contributed by atoms with Gasteiger partial charge in [-0.25, -0.2) is 0 Å². The predicted molar refractivity (Wildman–Crippen MR) is 49.5 cm³/mol. The second kappa shape index (κ2) is 5.60. The van der Waals surface area contributed by atoms with Crippen molar-refractivity contribution in [2.45, 2.75) is 19.3 Å². The highest BCUT2D eigenvalue weighted by Gasteiger charge is 2.11. The van der Waals surface area contributed by atoms with Gasteiger partial charge >= 0.3 is 0 Å². The Morgan fingerprint density at radius 3 is 2.54 bits per heavy atom. The fourth-order valence-corrected chi connectivity index (χ4v) is 1.14. The molecule has 74 valence electrons. The number of carboxylic acids is 1. The summed E-state index contributed by atoms with van der Waals surface area (Å²) in [4.78, 5) is 10.1. The summed E-state index contributed by atoms with van der Waals surface area (Å²) < 4.78 is 0.754. The molecule has 0 aromatic heterocycles. The molecule has 0 bridgehead atoms. The number of hydrogen-bond acceptors (Lipinski definition) is 2. The van der Waals surface area contributed by atoms with Gasteiger partial charge in [0, 0.05) is 5.97 Å². The van der Waals surface area contributed by atoms with Gasteiger partial charge in [-0.3, -0.25) is 0 Å². The van der Waals surface area contributed by atoms with Gasteiger partial charge in [-0.1, -0.05) is 0 Å². The van der Waals surface area contributed by atoms with Crippen LogP contribution in [-0.4, -0.2) is 37.6 Å². The van der Waals surface area contributed by atoms with Crippen LogP contribution in [0.4, 0.5) is 0 Å². The standard InChI is InChI=1S/C10H17NO2/c1-4-8-11(2,3)9-6-5-7-10(12)13/h1H,5-9H2,2-3H3. The van der Waals surface area contributed by atoms with E-state index in [9.17, 15) is 9.90 Å². The van der Waals surface area contributed by atoms with Crippen molar-refractivity contribution < 1.29 is 14.4 Å². The van der Waals surface area contributed by atoms with E-state index in [1.165, 1.54) is 0 Å². The number of hydrogen-bond donors (Lipinski definition) is 0. The highest BCUT2D eigenvalue weighted by molar-refractivity contribution is 5.63. The second-order valence-electron chi connectivity index (χ2n) is 3.85. The lowest BCUT2D eigenvalue weighted by atomic mass is 10.2. The monoisotopic (exact) mass is 183 g/mol. The van der Waals surface area contributed by atoms with Gasteiger partial charge in [0.15, 0.2) is 0 Å². The summed E-state index contributed by atoms with van der Waals surface area (Å²) in [5.74, 6) is 1.63. The van der Waals surface area contributed by atoms with Crippen molar-refractivity contribution in [3.05, 3.63) is 0 Å². The van der Waals surface area contributed by atoms with Gasteiger partial charge in [0.05, 0.1) is 20.6 Å². The maximum Gasteiger partial charge on any atom is 0.140 e. The lowest BCUT2D eigenvalue weighted by Crippen LogP contribution is -2.40. The van der Waals surface area contributed by atoms with Gasteiger partial charge in [-0.15, -0.1) is 6.42 Å². The third-order valence-electron chi connectivity index (χ3n) is 1.91. The fraction of sp³-hybridized carbons (Fsp3) is 0.700. The molecule has 3 heteroatoms. The van der Waals surface area contributed by atoms with Crippen LogP contribution in [-0.2, 0) is 4.79 Å². The summed E-state index contributed by atoms with van der Waals surface area (Å²) in [5, 5.41) is 10.1. The summed E-state index contributed by atoms with van der Waals surface area (Å²) in [6.45, 7) is 1.60. The van der Waals surface area contributed by atoms with Gasteiger partial charge < -0.3 is 14.4 Å². The molecule has 0 saturated carbocycles. The van der Waals surface area contributed by atoms with Crippen molar-refractivity contribution in [3.8, 4) is 12.3 Å². The SMILES string of the molecule is C#CC[N+](C)(C)CCCCC(=O)[O-]. The lowest BCUT2D eigenvalue weighted by molar-refractivity contribution is -0.883. The Bertz CT molecular complexity index is 203. The molecule has 0 aliphatic heterocycles. The molecule has 0 heterocycles. The Hall–Kier alpha value is -1.01. The molecule has 0 radical (unpaired) electrons. The smallest absolute Gasteiger partial charge is 0.140 e. The molecule has 0 aliphatic carbocycles. The molecule has 0 unspecified atom stereocenters. The first-order chi connectivity index (χ1) is 5.98. The lowest BCUT2D eigenvalue weighted by Gasteiger charge is -2.27. The van der Waals surface area contributed by atoms with Crippen LogP contribution >= 0.6 is 0 Å². The largest absolute Gasteiger partial charge is 0.550 e. The van der Waals surface area contributed by atoms with Crippen molar-refractivity contribution in [2.24, 2.45) is 0 Å². The highest BCUT2D eigenvalue weighted by Crippen LogP contribution is 2.02. The number of carboxylic acid groups (broad SMARTS) is 1. The van der Waals surface area contributed by atoms with Crippen molar-refractivity contribution in [1.82, 2.24) is 0 Å². The maximum absolute atomic E-state index is 10.1. The molecule has 0 aromatic rings. The van der Waals surface area contributed by atoms with Crippen LogP contribution in [0.3, 0.4) is 0 Å². The summed E-state index contributed by atoms with van der Waals surface area (Å²) >= 11 is 0. The molecule has 0 spiro atoms. The number of terminal acetylenes is 1. The normalized spacial score (nSPS) is 10.8. The Kier molecular flexibility index (Phi) is 5.17. The zero-order valence-corrected chi connectivity index (χ0v) is 8.38. The number of aliphatic carboxylic acids is 1. The van der Waals surface area contributed by atoms with E-state index >= 15 is 0 Å². The molecular weight excluding hydrogens is 166 g/mol. The number of rotatable bonds is 6. The van der Waals surface area contributed by atoms with E-state index in [-0.39, 0.29) is 6.42 Å². The van der Waals surface area contributed by atoms with Crippen LogP contribution in [0.5, 0.6) is 0 Å². The molecule has 0 aliphatic rings. The first-order valence-corrected chi connectivity index (χ1v) is 4.43. The van der Waals surface area contributed by atoms with Crippen LogP contribution in [0.15, 0.2) is 0 Å². The summed E-state index contributed by atoms with van der Waals surface area (Å²) in [5.41, 5.74) is 0. The zero-order valence-electron chi connectivity index (χ0n) is 8.38. The highest BCUT2D eigenvalue weighted by atomic mass is 16.4. The first-order valence-electron chi connectivity index (χ1n) is 4.43. The Morgan fingerprint density at radius 2 is 2.08 bits per heavy atom. The van der Waals surface area contributed by atoms with E-state index in [4.69, 9.17) is 6.42 Å². The average Bonchev–Trinajstić information content (AvgIpc) is 1.98. The quantitative estimate of drug-likeness (QED) is 0.320. The van der Waals surface area contributed by atoms with E-state index in [1.807, 2.05) is 14.1 Å². The van der Waals surface area contributed by atoms with Crippen molar-refractivity contribution >= 4 is 5.97 Å². The molecule has 0 amide bonds. The Balaban J connectivity index is 3.52. The van der Waals surface area contributed by atoms with E-state index in [2.05, 4.69) is 5.92 Å². The van der Waals surface area contributed by atoms with Crippen LogP contribution in [0, 0.1) is 12.3 Å². The fourth-order valence-electron chi connectivity index (χ4n) is 1.14. The molecule has 13 heavy (non-hydrogen) atoms. The van der Waals surface area contributed by atoms with Gasteiger partial charge in [0.1, 0.15) is 6.54 Å². The van der Waals surface area contributed by atoms with E-state index in [1.54, 1.807) is 0 Å². The third-order valence-corrected chi connectivity index (χ3v) is 1.91. The van der Waals surface area contributed by atoms with Gasteiger partial charge in [0.25, 0.3) is 0 Å². The van der Waals surface area contributed by atoms with Crippen LogP contribution in [0.1, 0.15) is 19.3 Å². The minimum atomic E-state index is -0.970. The average molecular weight is 183 g/mol. The van der Waals surface area contributed by atoms with E-state index in [0.29, 0.717) is 13.0 Å². The molecule has 0 rings (SSSR count). The molecule has 0 fully saturated rings. The van der Waals surface area contributed by atoms with E-state index in [0.717, 1.165) is 17.4 Å². The van der Waals surface area contributed by atoms with Crippen LogP contribution < -0.4 is 5.11 Å². The topological polar surface area (TPSA) is 40.1 Å². The summed E-state index contributed by atoms with van der Waals surface area (Å²) in [6, 6.07) is 0. The van der Waals surface area contributed by atoms with Gasteiger partial charge in [-0.05, 0) is 25.2 Å². The van der Waals surface area contributed by atoms with Crippen molar-refractivity contribution in [1.29, 1.82) is 0 Å². The molecule has 0 atom stereocenters. The number of carbonyl (C=O) groups is 1. The second-order valence-corrected chi connectivity index (χ2v) is 3.85. The molecular formula is C10H17NO2. The molecule has 0 saturated heterocycles. The van der Waals surface area contributed by atoms with Gasteiger partial charge in [-0.2, -0.15) is 0 Å². The Labute approximate surface area is 79.9 Å². The summed E-state index contributed by atoms with van der Waals surface area (Å²) in [6.07, 6.45) is 6.90. The molecule has 3 nitrogen and oxygen atoms in total. The number of nitrogens with zero attached hydrogens (tertiary/aromatic N) is 1. The van der Waals surface area contributed by atoms with Crippen molar-refractivity contribution in [3.63, 3.8) is 0 Å². The van der Waals surface area contributed by atoms with Crippen LogP contribution in [0.2, 0.25) is 0 Å². The van der Waals surface area contributed by atoms with E-state index < -0.39 is 5.97 Å². The number of carbonyl (C=O) groups excluding carboxylic acids is 1. The first kappa shape index (κ1) is 12.0. The number of quaternary nitrogens is 1. The Morgan fingerprint density at radius 1 is 1.46 bits per heavy atom. The van der Waals surface area contributed by atoms with Crippen molar-refractivity contribution in [2.75, 3.05) is 27.2 Å². The molecule has 0 aromatic carbocycles. The zero-order chi connectivity index (χ0) is 10.3.